The molecule has 0 saturated carbocycles. The first-order valence-corrected chi connectivity index (χ1v) is 6.70. The van der Waals surface area contributed by atoms with Crippen LogP contribution in [-0.2, 0) is 6.61 Å². The molecule has 0 amide bonds. The Balaban J connectivity index is 2.29. The minimum Gasteiger partial charge on any atom is -0.492 e. The van der Waals surface area contributed by atoms with Crippen LogP contribution >= 0.6 is 15.9 Å². The Morgan fingerprint density at radius 2 is 2.12 bits per heavy atom. The number of unbranched alkanes of at least 4 members (excludes halogenated alkanes) is 3. The summed E-state index contributed by atoms with van der Waals surface area (Å²) in [7, 11) is 0. The normalized spacial score (nSPS) is 10.2. The largest absolute Gasteiger partial charge is 0.492 e. The quantitative estimate of drug-likeness (QED) is 0.579. The SMILES string of the molecule is C=CCCCCCOc1ccc(CO)cc1Br. The first-order valence-electron chi connectivity index (χ1n) is 5.91. The topological polar surface area (TPSA) is 29.5 Å². The number of aliphatic hydroxyl groups excluding tert-OH is 1. The predicted octanol–water partition coefficient (Wildman–Crippen LogP) is 4.07. The van der Waals surface area contributed by atoms with Crippen LogP contribution in [0, 0.1) is 0 Å². The Bertz CT molecular complexity index is 350. The van der Waals surface area contributed by atoms with Crippen molar-refractivity contribution in [3.05, 3.63) is 40.9 Å². The molecule has 0 aromatic heterocycles. The van der Waals surface area contributed by atoms with Gasteiger partial charge in [-0.15, -0.1) is 6.58 Å². The summed E-state index contributed by atoms with van der Waals surface area (Å²) in [6.07, 6.45) is 6.43. The highest BCUT2D eigenvalue weighted by Crippen LogP contribution is 2.26. The van der Waals surface area contributed by atoms with Crippen LogP contribution in [0.4, 0.5) is 0 Å². The molecule has 0 spiro atoms. The second kappa shape index (κ2) is 8.31. The Labute approximate surface area is 111 Å². The number of allylic oxidation sites excluding steroid dienone is 1. The third-order valence-corrected chi connectivity index (χ3v) is 3.11. The molecule has 94 valence electrons. The van der Waals surface area contributed by atoms with Crippen molar-refractivity contribution in [2.24, 2.45) is 0 Å². The zero-order chi connectivity index (χ0) is 12.5. The van der Waals surface area contributed by atoms with Gasteiger partial charge in [0.1, 0.15) is 5.75 Å². The summed E-state index contributed by atoms with van der Waals surface area (Å²) in [5.41, 5.74) is 0.884. The maximum Gasteiger partial charge on any atom is 0.133 e. The standard InChI is InChI=1S/C14H19BrO2/c1-2-3-4-5-6-9-17-14-8-7-12(11-16)10-13(14)15/h2,7-8,10,16H,1,3-6,9,11H2. The number of hydrogen-bond acceptors (Lipinski definition) is 2. The van der Waals surface area contributed by atoms with Gasteiger partial charge in [0.25, 0.3) is 0 Å². The first-order chi connectivity index (χ1) is 8.27. The molecule has 0 aliphatic rings. The number of ether oxygens (including phenoxy) is 1. The van der Waals surface area contributed by atoms with E-state index in [9.17, 15) is 0 Å². The van der Waals surface area contributed by atoms with Crippen molar-refractivity contribution in [2.45, 2.75) is 32.3 Å². The maximum atomic E-state index is 8.98. The second-order valence-corrected chi connectivity index (χ2v) is 4.76. The summed E-state index contributed by atoms with van der Waals surface area (Å²) in [4.78, 5) is 0. The minimum absolute atomic E-state index is 0.0560. The van der Waals surface area contributed by atoms with Gasteiger partial charge in [-0.05, 0) is 59.3 Å². The summed E-state index contributed by atoms with van der Waals surface area (Å²) in [5, 5.41) is 8.98. The van der Waals surface area contributed by atoms with Crippen molar-refractivity contribution in [1.82, 2.24) is 0 Å². The second-order valence-electron chi connectivity index (χ2n) is 3.91. The van der Waals surface area contributed by atoms with E-state index in [-0.39, 0.29) is 6.61 Å². The predicted molar refractivity (Wildman–Crippen MR) is 74.2 cm³/mol. The molecule has 0 unspecified atom stereocenters. The van der Waals surface area contributed by atoms with Crippen molar-refractivity contribution < 1.29 is 9.84 Å². The fourth-order valence-electron chi connectivity index (χ4n) is 1.51. The van der Waals surface area contributed by atoms with E-state index in [1.165, 1.54) is 12.8 Å². The Morgan fingerprint density at radius 3 is 2.76 bits per heavy atom. The van der Waals surface area contributed by atoms with Gasteiger partial charge in [0.05, 0.1) is 17.7 Å². The molecule has 1 N–H and O–H groups in total. The number of benzene rings is 1. The van der Waals surface area contributed by atoms with Crippen LogP contribution in [-0.4, -0.2) is 11.7 Å². The van der Waals surface area contributed by atoms with Gasteiger partial charge in [-0.1, -0.05) is 12.1 Å². The van der Waals surface area contributed by atoms with E-state index >= 15 is 0 Å². The molecule has 0 aliphatic carbocycles. The zero-order valence-electron chi connectivity index (χ0n) is 9.99. The third-order valence-electron chi connectivity index (χ3n) is 2.49. The highest BCUT2D eigenvalue weighted by molar-refractivity contribution is 9.10. The molecular formula is C14H19BrO2. The molecular weight excluding hydrogens is 280 g/mol. The number of halogens is 1. The van der Waals surface area contributed by atoms with Crippen molar-refractivity contribution in [1.29, 1.82) is 0 Å². The van der Waals surface area contributed by atoms with Crippen LogP contribution in [0.25, 0.3) is 0 Å². The highest BCUT2D eigenvalue weighted by atomic mass is 79.9. The molecule has 0 aliphatic heterocycles. The number of rotatable bonds is 8. The lowest BCUT2D eigenvalue weighted by Crippen LogP contribution is -1.98. The van der Waals surface area contributed by atoms with E-state index in [4.69, 9.17) is 9.84 Å². The summed E-state index contributed by atoms with van der Waals surface area (Å²) in [6.45, 7) is 4.48. The average molecular weight is 299 g/mol. The lowest BCUT2D eigenvalue weighted by Gasteiger charge is -2.08. The highest BCUT2D eigenvalue weighted by Gasteiger charge is 2.01. The molecule has 1 aromatic rings. The maximum absolute atomic E-state index is 8.98. The minimum atomic E-state index is 0.0560. The molecule has 0 atom stereocenters. The van der Waals surface area contributed by atoms with Gasteiger partial charge in [0.15, 0.2) is 0 Å². The number of aliphatic hydroxyl groups is 1. The smallest absolute Gasteiger partial charge is 0.133 e. The van der Waals surface area contributed by atoms with Gasteiger partial charge in [-0.3, -0.25) is 0 Å². The van der Waals surface area contributed by atoms with Gasteiger partial charge in [-0.25, -0.2) is 0 Å². The van der Waals surface area contributed by atoms with E-state index in [1.807, 2.05) is 24.3 Å². The number of hydrogen-bond donors (Lipinski definition) is 1. The van der Waals surface area contributed by atoms with Gasteiger partial charge >= 0.3 is 0 Å². The fourth-order valence-corrected chi connectivity index (χ4v) is 2.05. The third kappa shape index (κ3) is 5.37. The average Bonchev–Trinajstić information content (AvgIpc) is 2.35. The molecule has 0 radical (unpaired) electrons. The molecule has 0 heterocycles. The van der Waals surface area contributed by atoms with Crippen LogP contribution in [0.2, 0.25) is 0 Å². The first kappa shape index (κ1) is 14.3. The van der Waals surface area contributed by atoms with Gasteiger partial charge in [0, 0.05) is 0 Å². The van der Waals surface area contributed by atoms with Gasteiger partial charge in [0.2, 0.25) is 0 Å². The molecule has 3 heteroatoms. The van der Waals surface area contributed by atoms with E-state index < -0.39 is 0 Å². The van der Waals surface area contributed by atoms with Gasteiger partial charge < -0.3 is 9.84 Å². The van der Waals surface area contributed by atoms with Crippen LogP contribution in [0.3, 0.4) is 0 Å². The summed E-state index contributed by atoms with van der Waals surface area (Å²) < 4.78 is 6.56. The molecule has 1 aromatic carbocycles. The Morgan fingerprint density at radius 1 is 1.29 bits per heavy atom. The lowest BCUT2D eigenvalue weighted by atomic mass is 10.2. The Kier molecular flexibility index (Phi) is 6.97. The van der Waals surface area contributed by atoms with Crippen LogP contribution in [0.15, 0.2) is 35.3 Å². The monoisotopic (exact) mass is 298 g/mol. The van der Waals surface area contributed by atoms with E-state index in [0.717, 1.165) is 35.2 Å². The molecule has 17 heavy (non-hydrogen) atoms. The molecule has 1 rings (SSSR count). The van der Waals surface area contributed by atoms with Gasteiger partial charge in [-0.2, -0.15) is 0 Å². The van der Waals surface area contributed by atoms with Crippen molar-refractivity contribution >= 4 is 15.9 Å². The summed E-state index contributed by atoms with van der Waals surface area (Å²) in [5.74, 6) is 0.839. The van der Waals surface area contributed by atoms with Crippen LogP contribution in [0.5, 0.6) is 5.75 Å². The Hall–Kier alpha value is -0.800. The van der Waals surface area contributed by atoms with Crippen molar-refractivity contribution in [3.63, 3.8) is 0 Å². The fraction of sp³-hybridized carbons (Fsp3) is 0.429. The zero-order valence-corrected chi connectivity index (χ0v) is 11.6. The molecule has 0 bridgehead atoms. The lowest BCUT2D eigenvalue weighted by molar-refractivity contribution is 0.280. The van der Waals surface area contributed by atoms with Crippen molar-refractivity contribution in [2.75, 3.05) is 6.61 Å². The molecule has 2 nitrogen and oxygen atoms in total. The van der Waals surface area contributed by atoms with E-state index in [2.05, 4.69) is 22.5 Å². The van der Waals surface area contributed by atoms with Crippen molar-refractivity contribution in [3.8, 4) is 5.75 Å². The summed E-state index contributed by atoms with van der Waals surface area (Å²) >= 11 is 3.43. The van der Waals surface area contributed by atoms with E-state index in [0.29, 0.717) is 0 Å². The molecule has 0 saturated heterocycles. The summed E-state index contributed by atoms with van der Waals surface area (Å²) in [6, 6.07) is 5.64. The van der Waals surface area contributed by atoms with E-state index in [1.54, 1.807) is 0 Å². The van der Waals surface area contributed by atoms with Crippen LogP contribution < -0.4 is 4.74 Å². The molecule has 0 fully saturated rings. The van der Waals surface area contributed by atoms with Crippen LogP contribution in [0.1, 0.15) is 31.2 Å².